The van der Waals surface area contributed by atoms with Crippen LogP contribution in [0.15, 0.2) is 30.5 Å². The van der Waals surface area contributed by atoms with Gasteiger partial charge in [0.2, 0.25) is 5.91 Å². The molecule has 0 spiro atoms. The number of nitrogens with zero attached hydrogens (tertiary/aromatic N) is 3. The maximum Gasteiger partial charge on any atom is 0.408 e. The lowest BCUT2D eigenvalue weighted by Gasteiger charge is -2.47. The van der Waals surface area contributed by atoms with E-state index in [1.165, 1.54) is 4.90 Å². The Morgan fingerprint density at radius 2 is 2.00 bits per heavy atom. The minimum atomic E-state index is -1.01. The van der Waals surface area contributed by atoms with Crippen molar-refractivity contribution in [1.82, 2.24) is 9.88 Å². The highest BCUT2D eigenvalue weighted by atomic mass is 16.5. The van der Waals surface area contributed by atoms with E-state index in [2.05, 4.69) is 16.4 Å². The summed E-state index contributed by atoms with van der Waals surface area (Å²) >= 11 is 0. The number of nitriles is 1. The quantitative estimate of drug-likeness (QED) is 0.591. The number of aromatic nitrogens is 1. The molecule has 1 aromatic carbocycles. The molecule has 2 amide bonds. The summed E-state index contributed by atoms with van der Waals surface area (Å²) in [7, 11) is 0. The van der Waals surface area contributed by atoms with E-state index in [0.717, 1.165) is 16.7 Å². The van der Waals surface area contributed by atoms with Gasteiger partial charge in [-0.2, -0.15) is 5.26 Å². The van der Waals surface area contributed by atoms with E-state index in [1.807, 2.05) is 53.7 Å². The predicted octanol–water partition coefficient (Wildman–Crippen LogP) is 5.08. The minimum absolute atomic E-state index is 0.103. The number of carbonyl (C=O) groups excluding carboxylic acids is 1. The average molecular weight is 465 g/mol. The normalized spacial score (nSPS) is 14.7. The zero-order valence-electron chi connectivity index (χ0n) is 20.6. The summed E-state index contributed by atoms with van der Waals surface area (Å²) in [6.07, 6.45) is 1.45. The number of hydrogen-bond acceptors (Lipinski definition) is 5. The number of hydrogen-bond donors (Lipinski definition) is 2. The highest BCUT2D eigenvalue weighted by Gasteiger charge is 2.43. The van der Waals surface area contributed by atoms with Crippen LogP contribution in [0.1, 0.15) is 59.1 Å². The van der Waals surface area contributed by atoms with Gasteiger partial charge in [0.15, 0.2) is 0 Å². The largest absolute Gasteiger partial charge is 0.490 e. The number of ether oxygens (including phenoxy) is 1. The van der Waals surface area contributed by atoms with E-state index >= 15 is 0 Å². The van der Waals surface area contributed by atoms with Crippen molar-refractivity contribution in [3.8, 4) is 22.9 Å². The van der Waals surface area contributed by atoms with Crippen molar-refractivity contribution in [1.29, 1.82) is 5.26 Å². The molecular weight excluding hydrogens is 432 g/mol. The number of carbonyl (C=O) groups is 2. The van der Waals surface area contributed by atoms with Crippen LogP contribution in [0.25, 0.3) is 11.1 Å². The molecule has 0 unspecified atom stereocenters. The van der Waals surface area contributed by atoms with Gasteiger partial charge in [-0.05, 0) is 69.4 Å². The summed E-state index contributed by atoms with van der Waals surface area (Å²) in [6.45, 7) is 11.7. The standard InChI is InChI=1S/C26H32N4O4/c1-16(2)13-26(6,30(24(32)33)25(3,4)5)15-34-21-8-7-17(11-18(21)14-27)19-9-10-28-23-20(19)12-22(31)29-23/h7-11,16H,12-13,15H2,1-6H3,(H,32,33)(H,28,29,31)/t26-/m0/s1. The molecule has 34 heavy (non-hydrogen) atoms. The minimum Gasteiger partial charge on any atom is -0.490 e. The Balaban J connectivity index is 1.93. The summed E-state index contributed by atoms with van der Waals surface area (Å²) in [5, 5.41) is 22.5. The van der Waals surface area contributed by atoms with E-state index in [0.29, 0.717) is 23.6 Å². The number of carboxylic acid groups (broad SMARTS) is 1. The van der Waals surface area contributed by atoms with Crippen molar-refractivity contribution in [2.75, 3.05) is 11.9 Å². The van der Waals surface area contributed by atoms with Gasteiger partial charge < -0.3 is 15.2 Å². The predicted molar refractivity (Wildman–Crippen MR) is 130 cm³/mol. The van der Waals surface area contributed by atoms with Gasteiger partial charge in [0.1, 0.15) is 24.2 Å². The summed E-state index contributed by atoms with van der Waals surface area (Å²) in [6, 6.07) is 9.31. The Kier molecular flexibility index (Phi) is 6.87. The molecule has 0 saturated heterocycles. The number of fused-ring (bicyclic) bond motifs is 1. The molecule has 180 valence electrons. The van der Waals surface area contributed by atoms with Gasteiger partial charge in [0.05, 0.1) is 17.5 Å². The molecule has 1 atom stereocenters. The molecule has 2 heterocycles. The van der Waals surface area contributed by atoms with Crippen LogP contribution in [-0.4, -0.2) is 44.7 Å². The van der Waals surface area contributed by atoms with Crippen molar-refractivity contribution in [3.05, 3.63) is 41.6 Å². The van der Waals surface area contributed by atoms with Gasteiger partial charge in [0.25, 0.3) is 0 Å². The second-order valence-electron chi connectivity index (χ2n) is 10.4. The first-order valence-corrected chi connectivity index (χ1v) is 11.3. The van der Waals surface area contributed by atoms with Crippen molar-refractivity contribution in [3.63, 3.8) is 0 Å². The maximum absolute atomic E-state index is 12.2. The third kappa shape index (κ3) is 5.14. The Hall–Kier alpha value is -3.60. The van der Waals surface area contributed by atoms with Crippen LogP contribution < -0.4 is 10.1 Å². The van der Waals surface area contributed by atoms with Gasteiger partial charge in [-0.3, -0.25) is 9.69 Å². The van der Waals surface area contributed by atoms with E-state index < -0.39 is 17.2 Å². The fourth-order valence-corrected chi connectivity index (χ4v) is 4.95. The SMILES string of the molecule is CC(C)C[C@@](C)(COc1ccc(-c2ccnc3c2CC(=O)N3)cc1C#N)N(C(=O)O)C(C)(C)C. The molecule has 2 aromatic rings. The van der Waals surface area contributed by atoms with E-state index in [9.17, 15) is 20.0 Å². The molecule has 0 radical (unpaired) electrons. The smallest absolute Gasteiger partial charge is 0.408 e. The molecule has 1 aromatic heterocycles. The molecular formula is C26H32N4O4. The fraction of sp³-hybridized carbons (Fsp3) is 0.462. The highest BCUT2D eigenvalue weighted by molar-refractivity contribution is 6.00. The zero-order valence-corrected chi connectivity index (χ0v) is 20.6. The average Bonchev–Trinajstić information content (AvgIpc) is 3.10. The number of benzene rings is 1. The molecule has 0 saturated carbocycles. The molecule has 8 nitrogen and oxygen atoms in total. The Labute approximate surface area is 200 Å². The van der Waals surface area contributed by atoms with Crippen LogP contribution in [-0.2, 0) is 11.2 Å². The lowest BCUT2D eigenvalue weighted by Crippen LogP contribution is -2.61. The van der Waals surface area contributed by atoms with Gasteiger partial charge in [-0.1, -0.05) is 19.9 Å². The zero-order chi connectivity index (χ0) is 25.3. The maximum atomic E-state index is 12.2. The molecule has 3 rings (SSSR count). The number of pyridine rings is 1. The third-order valence-corrected chi connectivity index (χ3v) is 5.85. The summed E-state index contributed by atoms with van der Waals surface area (Å²) in [4.78, 5) is 29.7. The third-order valence-electron chi connectivity index (χ3n) is 5.85. The Bertz CT molecular complexity index is 1150. The summed E-state index contributed by atoms with van der Waals surface area (Å²) in [5.74, 6) is 1.06. The van der Waals surface area contributed by atoms with E-state index in [1.54, 1.807) is 18.3 Å². The lowest BCUT2D eigenvalue weighted by atomic mass is 9.86. The van der Waals surface area contributed by atoms with Crippen LogP contribution in [0.3, 0.4) is 0 Å². The monoisotopic (exact) mass is 464 g/mol. The van der Waals surface area contributed by atoms with E-state index in [-0.39, 0.29) is 24.9 Å². The van der Waals surface area contributed by atoms with Gasteiger partial charge in [0, 0.05) is 17.3 Å². The first-order valence-electron chi connectivity index (χ1n) is 11.3. The number of anilines is 1. The fourth-order valence-electron chi connectivity index (χ4n) is 4.95. The molecule has 8 heteroatoms. The van der Waals surface area contributed by atoms with Crippen molar-refractivity contribution >= 4 is 17.8 Å². The van der Waals surface area contributed by atoms with Crippen LogP contribution in [0.2, 0.25) is 0 Å². The molecule has 1 aliphatic rings. The Morgan fingerprint density at radius 1 is 1.29 bits per heavy atom. The first kappa shape index (κ1) is 25.0. The summed E-state index contributed by atoms with van der Waals surface area (Å²) < 4.78 is 6.11. The molecule has 1 aliphatic heterocycles. The molecule has 0 bridgehead atoms. The van der Waals surface area contributed by atoms with Crippen molar-refractivity contribution < 1.29 is 19.4 Å². The van der Waals surface area contributed by atoms with Gasteiger partial charge in [-0.15, -0.1) is 0 Å². The lowest BCUT2D eigenvalue weighted by molar-refractivity contribution is -0.115. The van der Waals surface area contributed by atoms with Crippen LogP contribution in [0.5, 0.6) is 5.75 Å². The number of rotatable bonds is 7. The Morgan fingerprint density at radius 3 is 2.59 bits per heavy atom. The molecule has 0 fully saturated rings. The summed E-state index contributed by atoms with van der Waals surface area (Å²) in [5.41, 5.74) is 1.32. The van der Waals surface area contributed by atoms with Gasteiger partial charge >= 0.3 is 6.09 Å². The van der Waals surface area contributed by atoms with E-state index in [4.69, 9.17) is 4.74 Å². The second kappa shape index (κ2) is 9.34. The first-order chi connectivity index (χ1) is 15.9. The van der Waals surface area contributed by atoms with Crippen molar-refractivity contribution in [2.45, 2.75) is 65.5 Å². The molecule has 0 aliphatic carbocycles. The second-order valence-corrected chi connectivity index (χ2v) is 10.4. The number of amides is 2. The number of nitrogens with one attached hydrogen (secondary N) is 1. The molecule has 2 N–H and O–H groups in total. The van der Waals surface area contributed by atoms with Crippen LogP contribution in [0.4, 0.5) is 10.6 Å². The van der Waals surface area contributed by atoms with Crippen molar-refractivity contribution in [2.24, 2.45) is 5.92 Å². The van der Waals surface area contributed by atoms with Gasteiger partial charge in [-0.25, -0.2) is 9.78 Å². The highest BCUT2D eigenvalue weighted by Crippen LogP contribution is 2.36. The van der Waals surface area contributed by atoms with Crippen LogP contribution >= 0.6 is 0 Å². The topological polar surface area (TPSA) is 116 Å². The van der Waals surface area contributed by atoms with Crippen LogP contribution in [0, 0.1) is 17.2 Å².